The Labute approximate surface area is 113 Å². The fourth-order valence-corrected chi connectivity index (χ4v) is 2.38. The van der Waals surface area contributed by atoms with E-state index in [0.29, 0.717) is 24.5 Å². The second-order valence-corrected chi connectivity index (χ2v) is 4.91. The maximum Gasteiger partial charge on any atom is 0.341 e. The van der Waals surface area contributed by atoms with Crippen molar-refractivity contribution in [2.45, 2.75) is 38.2 Å². The summed E-state index contributed by atoms with van der Waals surface area (Å²) in [6.07, 6.45) is 5.29. The van der Waals surface area contributed by atoms with Gasteiger partial charge < -0.3 is 15.2 Å². The number of esters is 1. The van der Waals surface area contributed by atoms with E-state index in [2.05, 4.69) is 10.3 Å². The van der Waals surface area contributed by atoms with Crippen molar-refractivity contribution in [3.63, 3.8) is 0 Å². The lowest BCUT2D eigenvalue weighted by molar-refractivity contribution is 0.0522. The number of rotatable bonds is 5. The number of aromatic nitrogens is 1. The van der Waals surface area contributed by atoms with Gasteiger partial charge in [0.05, 0.1) is 12.2 Å². The average Bonchev–Trinajstić information content (AvgIpc) is 2.84. The summed E-state index contributed by atoms with van der Waals surface area (Å²) in [5.74, 6) is 0.0813. The summed E-state index contributed by atoms with van der Waals surface area (Å²) in [5, 5.41) is 13.4. The Morgan fingerprint density at radius 2 is 2.26 bits per heavy atom. The third kappa shape index (κ3) is 3.44. The second kappa shape index (κ2) is 6.02. The van der Waals surface area contributed by atoms with Gasteiger partial charge in [-0.25, -0.2) is 9.78 Å². The first-order valence-corrected chi connectivity index (χ1v) is 6.73. The first-order chi connectivity index (χ1) is 9.14. The lowest BCUT2D eigenvalue weighted by Gasteiger charge is -2.23. The molecule has 0 radical (unpaired) electrons. The van der Waals surface area contributed by atoms with E-state index in [1.165, 1.54) is 0 Å². The first-order valence-electron chi connectivity index (χ1n) is 6.73. The number of nitrogens with zero attached hydrogens (tertiary/aromatic N) is 1. The molecule has 5 heteroatoms. The summed E-state index contributed by atoms with van der Waals surface area (Å²) < 4.78 is 4.98. The quantitative estimate of drug-likeness (QED) is 0.796. The van der Waals surface area contributed by atoms with Gasteiger partial charge in [0.15, 0.2) is 0 Å². The van der Waals surface area contributed by atoms with Gasteiger partial charge in [0.1, 0.15) is 11.4 Å². The highest BCUT2D eigenvalue weighted by molar-refractivity contribution is 5.94. The van der Waals surface area contributed by atoms with Gasteiger partial charge in [0.25, 0.3) is 0 Å². The Morgan fingerprint density at radius 1 is 1.53 bits per heavy atom. The van der Waals surface area contributed by atoms with E-state index in [0.717, 1.165) is 25.7 Å². The molecule has 0 unspecified atom stereocenters. The molecule has 104 valence electrons. The summed E-state index contributed by atoms with van der Waals surface area (Å²) >= 11 is 0. The van der Waals surface area contributed by atoms with Gasteiger partial charge in [0, 0.05) is 12.7 Å². The van der Waals surface area contributed by atoms with Crippen molar-refractivity contribution in [3.05, 3.63) is 23.9 Å². The summed E-state index contributed by atoms with van der Waals surface area (Å²) in [7, 11) is 0. The lowest BCUT2D eigenvalue weighted by atomic mass is 10.0. The van der Waals surface area contributed by atoms with Gasteiger partial charge in [-0.15, -0.1) is 0 Å². The Hall–Kier alpha value is -1.62. The number of pyridine rings is 1. The molecule has 1 aromatic rings. The predicted octanol–water partition coefficient (Wildman–Crippen LogP) is 1.98. The molecule has 1 saturated carbocycles. The smallest absolute Gasteiger partial charge is 0.341 e. The van der Waals surface area contributed by atoms with Crippen molar-refractivity contribution in [1.82, 2.24) is 4.98 Å². The molecule has 1 fully saturated rings. The highest BCUT2D eigenvalue weighted by Gasteiger charge is 2.31. The van der Waals surface area contributed by atoms with E-state index in [1.807, 2.05) is 0 Å². The average molecular weight is 264 g/mol. The molecule has 0 aromatic carbocycles. The van der Waals surface area contributed by atoms with Crippen LogP contribution in [-0.4, -0.2) is 34.8 Å². The minimum absolute atomic E-state index is 0.330. The van der Waals surface area contributed by atoms with E-state index in [1.54, 1.807) is 25.3 Å². The van der Waals surface area contributed by atoms with Crippen molar-refractivity contribution in [2.75, 3.05) is 18.5 Å². The number of hydrogen-bond donors (Lipinski definition) is 2. The Kier molecular flexibility index (Phi) is 4.37. The van der Waals surface area contributed by atoms with E-state index >= 15 is 0 Å². The van der Waals surface area contributed by atoms with Gasteiger partial charge in [-0.1, -0.05) is 12.8 Å². The summed E-state index contributed by atoms with van der Waals surface area (Å²) in [4.78, 5) is 15.9. The molecule has 1 aliphatic rings. The highest BCUT2D eigenvalue weighted by atomic mass is 16.5. The van der Waals surface area contributed by atoms with E-state index in [-0.39, 0.29) is 0 Å². The SMILES string of the molecule is CCOC(=O)c1cccnc1NCC1(O)CCCC1. The van der Waals surface area contributed by atoms with Crippen molar-refractivity contribution in [3.8, 4) is 0 Å². The zero-order valence-electron chi connectivity index (χ0n) is 11.2. The van der Waals surface area contributed by atoms with Crippen LogP contribution in [0.15, 0.2) is 18.3 Å². The predicted molar refractivity (Wildman–Crippen MR) is 72.1 cm³/mol. The molecule has 0 saturated heterocycles. The molecule has 0 bridgehead atoms. The number of aliphatic hydroxyl groups is 1. The maximum absolute atomic E-state index is 11.8. The number of ether oxygens (including phenoxy) is 1. The molecule has 0 amide bonds. The minimum Gasteiger partial charge on any atom is -0.462 e. The molecule has 2 N–H and O–H groups in total. The molecule has 0 spiro atoms. The van der Waals surface area contributed by atoms with Crippen LogP contribution in [0.25, 0.3) is 0 Å². The van der Waals surface area contributed by atoms with Crippen LogP contribution in [0, 0.1) is 0 Å². The van der Waals surface area contributed by atoms with E-state index < -0.39 is 11.6 Å². The summed E-state index contributed by atoms with van der Waals surface area (Å²) in [6.45, 7) is 2.51. The van der Waals surface area contributed by atoms with Gasteiger partial charge in [-0.3, -0.25) is 0 Å². The zero-order valence-corrected chi connectivity index (χ0v) is 11.2. The Morgan fingerprint density at radius 3 is 2.95 bits per heavy atom. The van der Waals surface area contributed by atoms with Crippen molar-refractivity contribution in [2.24, 2.45) is 0 Å². The lowest BCUT2D eigenvalue weighted by Crippen LogP contribution is -2.34. The van der Waals surface area contributed by atoms with Crippen LogP contribution in [0.2, 0.25) is 0 Å². The number of anilines is 1. The topological polar surface area (TPSA) is 71.5 Å². The number of nitrogens with one attached hydrogen (secondary N) is 1. The van der Waals surface area contributed by atoms with Crippen LogP contribution in [0.4, 0.5) is 5.82 Å². The standard InChI is InChI=1S/C14H20N2O3/c1-2-19-13(17)11-6-5-9-15-12(11)16-10-14(18)7-3-4-8-14/h5-6,9,18H,2-4,7-8,10H2,1H3,(H,15,16). The van der Waals surface area contributed by atoms with Gasteiger partial charge in [-0.2, -0.15) is 0 Å². The van der Waals surface area contributed by atoms with Crippen LogP contribution < -0.4 is 5.32 Å². The van der Waals surface area contributed by atoms with Crippen molar-refractivity contribution >= 4 is 11.8 Å². The molecule has 1 aliphatic carbocycles. The van der Waals surface area contributed by atoms with E-state index in [4.69, 9.17) is 4.74 Å². The maximum atomic E-state index is 11.8. The third-order valence-corrected chi connectivity index (χ3v) is 3.42. The number of hydrogen-bond acceptors (Lipinski definition) is 5. The molecule has 5 nitrogen and oxygen atoms in total. The minimum atomic E-state index is -0.677. The summed E-state index contributed by atoms with van der Waals surface area (Å²) in [6, 6.07) is 3.37. The fourth-order valence-electron chi connectivity index (χ4n) is 2.38. The second-order valence-electron chi connectivity index (χ2n) is 4.91. The van der Waals surface area contributed by atoms with Crippen LogP contribution in [0.1, 0.15) is 43.0 Å². The molecule has 19 heavy (non-hydrogen) atoms. The van der Waals surface area contributed by atoms with Crippen LogP contribution in [0.5, 0.6) is 0 Å². The van der Waals surface area contributed by atoms with Gasteiger partial charge in [0.2, 0.25) is 0 Å². The molecule has 1 aromatic heterocycles. The molecular weight excluding hydrogens is 244 g/mol. The van der Waals surface area contributed by atoms with Crippen molar-refractivity contribution < 1.29 is 14.6 Å². The molecular formula is C14H20N2O3. The molecule has 0 aliphatic heterocycles. The molecule has 2 rings (SSSR count). The monoisotopic (exact) mass is 264 g/mol. The summed E-state index contributed by atoms with van der Waals surface area (Å²) in [5.41, 5.74) is -0.269. The van der Waals surface area contributed by atoms with Crippen LogP contribution >= 0.6 is 0 Å². The zero-order chi connectivity index (χ0) is 13.7. The third-order valence-electron chi connectivity index (χ3n) is 3.42. The normalized spacial score (nSPS) is 17.2. The number of carbonyl (C=O) groups excluding carboxylic acids is 1. The Balaban J connectivity index is 2.05. The van der Waals surface area contributed by atoms with Gasteiger partial charge in [-0.05, 0) is 31.9 Å². The largest absolute Gasteiger partial charge is 0.462 e. The molecule has 0 atom stereocenters. The Bertz CT molecular complexity index is 442. The first kappa shape index (κ1) is 13.8. The van der Waals surface area contributed by atoms with Crippen molar-refractivity contribution in [1.29, 1.82) is 0 Å². The van der Waals surface area contributed by atoms with Crippen LogP contribution in [0.3, 0.4) is 0 Å². The van der Waals surface area contributed by atoms with Crippen LogP contribution in [-0.2, 0) is 4.74 Å². The fraction of sp³-hybridized carbons (Fsp3) is 0.571. The van der Waals surface area contributed by atoms with Gasteiger partial charge >= 0.3 is 5.97 Å². The van der Waals surface area contributed by atoms with E-state index in [9.17, 15) is 9.90 Å². The highest BCUT2D eigenvalue weighted by Crippen LogP contribution is 2.29. The molecule has 1 heterocycles. The number of carbonyl (C=O) groups is 1.